The number of ether oxygens (including phenoxy) is 1. The fraction of sp³-hybridized carbons (Fsp3) is 0.462. The van der Waals surface area contributed by atoms with Crippen molar-refractivity contribution < 1.29 is 9.53 Å². The van der Waals surface area contributed by atoms with Gasteiger partial charge in [0.15, 0.2) is 0 Å². The van der Waals surface area contributed by atoms with Gasteiger partial charge in [0.2, 0.25) is 0 Å². The van der Waals surface area contributed by atoms with Crippen molar-refractivity contribution in [2.45, 2.75) is 33.2 Å². The molecule has 0 radical (unpaired) electrons. The molecule has 0 spiro atoms. The summed E-state index contributed by atoms with van der Waals surface area (Å²) in [5.74, 6) is -0.333. The van der Waals surface area contributed by atoms with Crippen molar-refractivity contribution in [1.29, 1.82) is 0 Å². The average molecular weight is 221 g/mol. The first-order valence-corrected chi connectivity index (χ1v) is 5.53. The molecule has 1 atom stereocenters. The molecule has 1 aromatic rings. The van der Waals surface area contributed by atoms with E-state index >= 15 is 0 Å². The standard InChI is InChI=1S/C13H19NO2/c1-4-16-13(15)12(14)8-11-6-5-9(2)10(3)7-11/h5-7,12H,4,8,14H2,1-3H3. The Bertz CT molecular complexity index is 374. The van der Waals surface area contributed by atoms with Crippen LogP contribution in [0.3, 0.4) is 0 Å². The summed E-state index contributed by atoms with van der Waals surface area (Å²) in [6.45, 7) is 6.26. The van der Waals surface area contributed by atoms with Crippen molar-refractivity contribution in [2.75, 3.05) is 6.61 Å². The van der Waals surface area contributed by atoms with E-state index in [1.54, 1.807) is 6.92 Å². The topological polar surface area (TPSA) is 52.3 Å². The van der Waals surface area contributed by atoms with E-state index in [-0.39, 0.29) is 5.97 Å². The first-order chi connectivity index (χ1) is 7.54. The molecule has 3 heteroatoms. The summed E-state index contributed by atoms with van der Waals surface area (Å²) in [7, 11) is 0. The van der Waals surface area contributed by atoms with Crippen molar-refractivity contribution in [3.63, 3.8) is 0 Å². The largest absolute Gasteiger partial charge is 0.465 e. The molecule has 3 nitrogen and oxygen atoms in total. The highest BCUT2D eigenvalue weighted by atomic mass is 16.5. The Morgan fingerprint density at radius 1 is 1.38 bits per heavy atom. The van der Waals surface area contributed by atoms with Crippen LogP contribution in [0.5, 0.6) is 0 Å². The Labute approximate surface area is 96.6 Å². The van der Waals surface area contributed by atoms with E-state index in [1.807, 2.05) is 12.1 Å². The van der Waals surface area contributed by atoms with Crippen LogP contribution in [0.4, 0.5) is 0 Å². The van der Waals surface area contributed by atoms with Gasteiger partial charge in [-0.3, -0.25) is 4.79 Å². The van der Waals surface area contributed by atoms with Crippen molar-refractivity contribution in [3.05, 3.63) is 34.9 Å². The zero-order valence-electron chi connectivity index (χ0n) is 10.1. The van der Waals surface area contributed by atoms with Crippen molar-refractivity contribution >= 4 is 5.97 Å². The van der Waals surface area contributed by atoms with Crippen LogP contribution in [0.1, 0.15) is 23.6 Å². The number of esters is 1. The number of nitrogens with two attached hydrogens (primary N) is 1. The molecule has 1 aromatic carbocycles. The molecule has 0 heterocycles. The minimum atomic E-state index is -0.568. The highest BCUT2D eigenvalue weighted by Gasteiger charge is 2.14. The van der Waals surface area contributed by atoms with E-state index in [0.717, 1.165) is 5.56 Å². The third kappa shape index (κ3) is 3.35. The molecular formula is C13H19NO2. The fourth-order valence-electron chi connectivity index (χ4n) is 1.52. The predicted octanol–water partition coefficient (Wildman–Crippen LogP) is 1.74. The monoisotopic (exact) mass is 221 g/mol. The van der Waals surface area contributed by atoms with E-state index < -0.39 is 6.04 Å². The minimum absolute atomic E-state index is 0.333. The van der Waals surface area contributed by atoms with Gasteiger partial charge >= 0.3 is 5.97 Å². The van der Waals surface area contributed by atoms with Gasteiger partial charge in [-0.25, -0.2) is 0 Å². The van der Waals surface area contributed by atoms with Crippen LogP contribution in [0, 0.1) is 13.8 Å². The van der Waals surface area contributed by atoms with Crippen LogP contribution in [0.2, 0.25) is 0 Å². The van der Waals surface area contributed by atoms with Gasteiger partial charge in [0, 0.05) is 0 Å². The van der Waals surface area contributed by atoms with Crippen molar-refractivity contribution in [3.8, 4) is 0 Å². The van der Waals surface area contributed by atoms with Crippen molar-refractivity contribution in [2.24, 2.45) is 5.73 Å². The van der Waals surface area contributed by atoms with E-state index in [1.165, 1.54) is 11.1 Å². The molecule has 0 aliphatic carbocycles. The Balaban J connectivity index is 2.66. The Morgan fingerprint density at radius 3 is 2.62 bits per heavy atom. The summed E-state index contributed by atoms with van der Waals surface area (Å²) in [6, 6.07) is 5.54. The molecule has 1 rings (SSSR count). The van der Waals surface area contributed by atoms with Gasteiger partial charge in [-0.15, -0.1) is 0 Å². The second-order valence-electron chi connectivity index (χ2n) is 3.98. The number of hydrogen-bond donors (Lipinski definition) is 1. The molecule has 0 bridgehead atoms. The van der Waals surface area contributed by atoms with Gasteiger partial charge in [-0.2, -0.15) is 0 Å². The van der Waals surface area contributed by atoms with Crippen LogP contribution in [-0.2, 0) is 16.0 Å². The molecule has 0 fully saturated rings. The highest BCUT2D eigenvalue weighted by Crippen LogP contribution is 2.11. The molecule has 0 aliphatic rings. The normalized spacial score (nSPS) is 12.2. The zero-order valence-corrected chi connectivity index (χ0v) is 10.1. The molecule has 88 valence electrons. The average Bonchev–Trinajstić information content (AvgIpc) is 2.24. The molecule has 0 saturated heterocycles. The van der Waals surface area contributed by atoms with Gasteiger partial charge in [-0.05, 0) is 43.9 Å². The number of carbonyl (C=O) groups is 1. The third-order valence-corrected chi connectivity index (χ3v) is 2.62. The van der Waals surface area contributed by atoms with E-state index in [0.29, 0.717) is 13.0 Å². The lowest BCUT2D eigenvalue weighted by atomic mass is 10.0. The summed E-state index contributed by atoms with van der Waals surface area (Å²) in [5, 5.41) is 0. The quantitative estimate of drug-likeness (QED) is 0.788. The molecule has 0 aliphatic heterocycles. The molecule has 0 saturated carbocycles. The van der Waals surface area contributed by atoms with E-state index in [2.05, 4.69) is 19.9 Å². The van der Waals surface area contributed by atoms with Gasteiger partial charge in [0.05, 0.1) is 6.61 Å². The minimum Gasteiger partial charge on any atom is -0.465 e. The molecule has 1 unspecified atom stereocenters. The first-order valence-electron chi connectivity index (χ1n) is 5.53. The number of hydrogen-bond acceptors (Lipinski definition) is 3. The maximum Gasteiger partial charge on any atom is 0.323 e. The Hall–Kier alpha value is -1.35. The molecule has 0 amide bonds. The number of rotatable bonds is 4. The smallest absolute Gasteiger partial charge is 0.323 e. The van der Waals surface area contributed by atoms with E-state index in [4.69, 9.17) is 10.5 Å². The maximum atomic E-state index is 11.4. The lowest BCUT2D eigenvalue weighted by Crippen LogP contribution is -2.34. The summed E-state index contributed by atoms with van der Waals surface area (Å²) in [5.41, 5.74) is 9.28. The summed E-state index contributed by atoms with van der Waals surface area (Å²) >= 11 is 0. The summed E-state index contributed by atoms with van der Waals surface area (Å²) < 4.78 is 4.87. The summed E-state index contributed by atoms with van der Waals surface area (Å²) in [6.07, 6.45) is 0.528. The highest BCUT2D eigenvalue weighted by molar-refractivity contribution is 5.75. The third-order valence-electron chi connectivity index (χ3n) is 2.62. The first kappa shape index (κ1) is 12.7. The second-order valence-corrected chi connectivity index (χ2v) is 3.98. The maximum absolute atomic E-state index is 11.4. The molecular weight excluding hydrogens is 202 g/mol. The molecule has 2 N–H and O–H groups in total. The summed E-state index contributed by atoms with van der Waals surface area (Å²) in [4.78, 5) is 11.4. The second kappa shape index (κ2) is 5.66. The van der Waals surface area contributed by atoms with Crippen LogP contribution in [0.15, 0.2) is 18.2 Å². The van der Waals surface area contributed by atoms with Gasteiger partial charge in [0.1, 0.15) is 6.04 Å². The molecule has 0 aromatic heterocycles. The number of benzene rings is 1. The van der Waals surface area contributed by atoms with Crippen LogP contribution >= 0.6 is 0 Å². The van der Waals surface area contributed by atoms with E-state index in [9.17, 15) is 4.79 Å². The molecule has 16 heavy (non-hydrogen) atoms. The fourth-order valence-corrected chi connectivity index (χ4v) is 1.52. The van der Waals surface area contributed by atoms with Crippen molar-refractivity contribution in [1.82, 2.24) is 0 Å². The lowest BCUT2D eigenvalue weighted by Gasteiger charge is -2.11. The Kier molecular flexibility index (Phi) is 4.50. The van der Waals surface area contributed by atoms with Gasteiger partial charge in [-0.1, -0.05) is 18.2 Å². The Morgan fingerprint density at radius 2 is 2.06 bits per heavy atom. The lowest BCUT2D eigenvalue weighted by molar-refractivity contribution is -0.144. The van der Waals surface area contributed by atoms with Gasteiger partial charge in [0.25, 0.3) is 0 Å². The zero-order chi connectivity index (χ0) is 12.1. The van der Waals surface area contributed by atoms with Crippen LogP contribution in [-0.4, -0.2) is 18.6 Å². The number of aryl methyl sites for hydroxylation is 2. The predicted molar refractivity (Wildman–Crippen MR) is 64.2 cm³/mol. The van der Waals surface area contributed by atoms with Crippen LogP contribution < -0.4 is 5.73 Å². The van der Waals surface area contributed by atoms with Crippen LogP contribution in [0.25, 0.3) is 0 Å². The number of carbonyl (C=O) groups excluding carboxylic acids is 1. The SMILES string of the molecule is CCOC(=O)C(N)Cc1ccc(C)c(C)c1. The van der Waals surface area contributed by atoms with Gasteiger partial charge < -0.3 is 10.5 Å².